The molecule has 3 heterocycles. The second-order valence-corrected chi connectivity index (χ2v) is 8.84. The molecule has 2 aromatic carbocycles. The smallest absolute Gasteiger partial charge is 0.211 e. The van der Waals surface area contributed by atoms with Crippen molar-refractivity contribution in [1.82, 2.24) is 9.66 Å². The Morgan fingerprint density at radius 2 is 1.94 bits per heavy atom. The maximum absolute atomic E-state index is 5.74. The summed E-state index contributed by atoms with van der Waals surface area (Å²) in [4.78, 5) is 9.71. The number of benzene rings is 2. The molecule has 6 nitrogen and oxygen atoms in total. The van der Waals surface area contributed by atoms with Crippen LogP contribution < -0.4 is 14.3 Å². The molecular formula is C24H19BrN4O2S. The lowest BCUT2D eigenvalue weighted by molar-refractivity contribution is 0.171. The zero-order valence-electron chi connectivity index (χ0n) is 17.2. The molecule has 0 unspecified atom stereocenters. The van der Waals surface area contributed by atoms with Gasteiger partial charge in [0.15, 0.2) is 11.5 Å². The van der Waals surface area contributed by atoms with Crippen LogP contribution in [-0.2, 0) is 0 Å². The van der Waals surface area contributed by atoms with Crippen molar-refractivity contribution in [3.63, 3.8) is 0 Å². The molecule has 0 bridgehead atoms. The number of ether oxygens (including phenoxy) is 2. The summed E-state index contributed by atoms with van der Waals surface area (Å²) in [7, 11) is 0. The van der Waals surface area contributed by atoms with Crippen molar-refractivity contribution in [3.8, 4) is 22.8 Å². The third-order valence-corrected chi connectivity index (χ3v) is 6.20. The number of hydrogen-bond donors (Lipinski definition) is 0. The van der Waals surface area contributed by atoms with Gasteiger partial charge in [-0.05, 0) is 49.4 Å². The van der Waals surface area contributed by atoms with Crippen LogP contribution in [0.5, 0.6) is 11.5 Å². The number of fused-ring (bicyclic) bond motifs is 1. The normalized spacial score (nSPS) is 13.9. The van der Waals surface area contributed by atoms with Gasteiger partial charge in [0, 0.05) is 27.2 Å². The van der Waals surface area contributed by atoms with Gasteiger partial charge in [-0.3, -0.25) is 4.98 Å². The first-order valence-electron chi connectivity index (χ1n) is 10.0. The molecule has 4 aromatic rings. The molecule has 0 fully saturated rings. The number of nitrogens with zero attached hydrogens (tertiary/aromatic N) is 4. The van der Waals surface area contributed by atoms with Crippen LogP contribution >= 0.6 is 27.3 Å². The van der Waals surface area contributed by atoms with Crippen molar-refractivity contribution in [2.75, 3.05) is 13.2 Å². The van der Waals surface area contributed by atoms with E-state index in [0.29, 0.717) is 13.2 Å². The van der Waals surface area contributed by atoms with Gasteiger partial charge in [-0.2, -0.15) is 5.10 Å². The highest BCUT2D eigenvalue weighted by Crippen LogP contribution is 2.31. The zero-order chi connectivity index (χ0) is 21.9. The summed E-state index contributed by atoms with van der Waals surface area (Å²) >= 11 is 5.10. The lowest BCUT2D eigenvalue weighted by atomic mass is 10.1. The summed E-state index contributed by atoms with van der Waals surface area (Å²) in [6, 6.07) is 17.8. The third kappa shape index (κ3) is 4.37. The minimum Gasteiger partial charge on any atom is -0.486 e. The monoisotopic (exact) mass is 506 g/mol. The number of halogens is 1. The first-order valence-corrected chi connectivity index (χ1v) is 11.7. The molecule has 0 aliphatic carbocycles. The molecular weight excluding hydrogens is 488 g/mol. The van der Waals surface area contributed by atoms with Crippen molar-refractivity contribution in [1.29, 1.82) is 0 Å². The first-order chi connectivity index (χ1) is 15.7. The van der Waals surface area contributed by atoms with E-state index in [-0.39, 0.29) is 0 Å². The largest absolute Gasteiger partial charge is 0.486 e. The van der Waals surface area contributed by atoms with E-state index < -0.39 is 0 Å². The second kappa shape index (κ2) is 9.10. The van der Waals surface area contributed by atoms with E-state index in [1.54, 1.807) is 12.4 Å². The SMILES string of the molecule is CC(=Nn1c(-c2cccc(Br)c2)csc1=Nc1cccnc1)c1ccc2c(c1)OCCO2. The van der Waals surface area contributed by atoms with E-state index in [9.17, 15) is 0 Å². The van der Waals surface area contributed by atoms with E-state index in [4.69, 9.17) is 19.6 Å². The Kier molecular flexibility index (Phi) is 5.87. The van der Waals surface area contributed by atoms with Crippen LogP contribution in [0.4, 0.5) is 5.69 Å². The van der Waals surface area contributed by atoms with E-state index in [1.165, 1.54) is 11.3 Å². The molecule has 1 aliphatic heterocycles. The zero-order valence-corrected chi connectivity index (χ0v) is 19.6. The van der Waals surface area contributed by atoms with E-state index >= 15 is 0 Å². The molecule has 0 spiro atoms. The summed E-state index contributed by atoms with van der Waals surface area (Å²) in [6.45, 7) is 3.10. The summed E-state index contributed by atoms with van der Waals surface area (Å²) in [5.41, 5.74) is 4.57. The summed E-state index contributed by atoms with van der Waals surface area (Å²) < 4.78 is 14.3. The molecule has 160 valence electrons. The fourth-order valence-corrected chi connectivity index (χ4v) is 4.58. The fourth-order valence-electron chi connectivity index (χ4n) is 3.33. The Hall–Kier alpha value is -3.23. The van der Waals surface area contributed by atoms with Crippen molar-refractivity contribution < 1.29 is 9.47 Å². The van der Waals surface area contributed by atoms with Crippen molar-refractivity contribution in [2.45, 2.75) is 6.92 Å². The predicted octanol–water partition coefficient (Wildman–Crippen LogP) is 5.65. The quantitative estimate of drug-likeness (QED) is 0.336. The van der Waals surface area contributed by atoms with Gasteiger partial charge >= 0.3 is 0 Å². The molecule has 8 heteroatoms. The Balaban J connectivity index is 1.64. The lowest BCUT2D eigenvalue weighted by Gasteiger charge is -2.18. The molecule has 0 saturated carbocycles. The summed E-state index contributed by atoms with van der Waals surface area (Å²) in [5.74, 6) is 1.50. The fraction of sp³-hybridized carbons (Fsp3) is 0.125. The van der Waals surface area contributed by atoms with Crippen LogP contribution in [0.2, 0.25) is 0 Å². The molecule has 0 atom stereocenters. The molecule has 32 heavy (non-hydrogen) atoms. The number of hydrogen-bond acceptors (Lipinski definition) is 6. The standard InChI is InChI=1S/C24H19BrN4O2S/c1-16(17-7-8-22-23(13-17)31-11-10-30-22)28-29-21(18-4-2-5-19(25)12-18)15-32-24(29)27-20-6-3-9-26-14-20/h2-9,12-15H,10-11H2,1H3. The summed E-state index contributed by atoms with van der Waals surface area (Å²) in [6.07, 6.45) is 3.47. The number of thiazole rings is 1. The highest BCUT2D eigenvalue weighted by atomic mass is 79.9. The van der Waals surface area contributed by atoms with E-state index in [1.807, 2.05) is 54.1 Å². The minimum atomic E-state index is 0.549. The number of aromatic nitrogens is 2. The molecule has 0 radical (unpaired) electrons. The van der Waals surface area contributed by atoms with Gasteiger partial charge < -0.3 is 9.47 Å². The van der Waals surface area contributed by atoms with Gasteiger partial charge in [-0.25, -0.2) is 9.67 Å². The molecule has 0 saturated heterocycles. The van der Waals surface area contributed by atoms with Gasteiger partial charge in [0.05, 0.1) is 23.3 Å². The average Bonchev–Trinajstić information content (AvgIpc) is 3.21. The van der Waals surface area contributed by atoms with Crippen LogP contribution in [-0.4, -0.2) is 28.6 Å². The van der Waals surface area contributed by atoms with Crippen LogP contribution in [0.1, 0.15) is 12.5 Å². The molecule has 0 amide bonds. The number of pyridine rings is 1. The molecule has 5 rings (SSSR count). The maximum Gasteiger partial charge on any atom is 0.211 e. The van der Waals surface area contributed by atoms with Crippen LogP contribution in [0.3, 0.4) is 0 Å². The van der Waals surface area contributed by atoms with Crippen molar-refractivity contribution in [2.24, 2.45) is 10.1 Å². The lowest BCUT2D eigenvalue weighted by Crippen LogP contribution is -2.16. The Morgan fingerprint density at radius 3 is 2.75 bits per heavy atom. The molecule has 1 aliphatic rings. The van der Waals surface area contributed by atoms with Gasteiger partial charge in [-0.1, -0.05) is 28.1 Å². The van der Waals surface area contributed by atoms with E-state index in [0.717, 1.165) is 49.0 Å². The van der Waals surface area contributed by atoms with Crippen molar-refractivity contribution in [3.05, 3.63) is 87.2 Å². The third-order valence-electron chi connectivity index (χ3n) is 4.89. The second-order valence-electron chi connectivity index (χ2n) is 7.09. The van der Waals surface area contributed by atoms with Crippen LogP contribution in [0.15, 0.2) is 86.9 Å². The minimum absolute atomic E-state index is 0.549. The number of rotatable bonds is 4. The van der Waals surface area contributed by atoms with Gasteiger partial charge in [0.2, 0.25) is 4.80 Å². The van der Waals surface area contributed by atoms with Gasteiger partial charge in [0.1, 0.15) is 13.2 Å². The Labute approximate surface area is 197 Å². The van der Waals surface area contributed by atoms with Crippen molar-refractivity contribution >= 4 is 38.7 Å². The Bertz CT molecular complexity index is 1360. The summed E-state index contributed by atoms with van der Waals surface area (Å²) in [5, 5.41) is 7.03. The highest BCUT2D eigenvalue weighted by Gasteiger charge is 2.14. The highest BCUT2D eigenvalue weighted by molar-refractivity contribution is 9.10. The van der Waals surface area contributed by atoms with Crippen LogP contribution in [0, 0.1) is 0 Å². The maximum atomic E-state index is 5.74. The van der Waals surface area contributed by atoms with Crippen LogP contribution in [0.25, 0.3) is 11.3 Å². The first kappa shape index (κ1) is 20.7. The topological polar surface area (TPSA) is 61.0 Å². The van der Waals surface area contributed by atoms with Gasteiger partial charge in [-0.15, -0.1) is 11.3 Å². The van der Waals surface area contributed by atoms with Gasteiger partial charge in [0.25, 0.3) is 0 Å². The van der Waals surface area contributed by atoms with E-state index in [2.05, 4.69) is 38.4 Å². The Morgan fingerprint density at radius 1 is 1.06 bits per heavy atom. The molecule has 2 aromatic heterocycles. The molecule has 0 N–H and O–H groups in total. The predicted molar refractivity (Wildman–Crippen MR) is 130 cm³/mol. The average molecular weight is 507 g/mol.